The third-order valence-electron chi connectivity index (χ3n) is 4.64. The Morgan fingerprint density at radius 2 is 1.77 bits per heavy atom. The summed E-state index contributed by atoms with van der Waals surface area (Å²) < 4.78 is 5.21. The number of hydrogen-bond acceptors (Lipinski definition) is 7. The molecule has 0 saturated heterocycles. The van der Waals surface area contributed by atoms with E-state index in [2.05, 4.69) is 0 Å². The molecule has 0 bridgehead atoms. The lowest BCUT2D eigenvalue weighted by molar-refractivity contribution is -0.726. The summed E-state index contributed by atoms with van der Waals surface area (Å²) in [5, 5.41) is 39.7. The van der Waals surface area contributed by atoms with Gasteiger partial charge in [0.1, 0.15) is 17.6 Å². The summed E-state index contributed by atoms with van der Waals surface area (Å²) in [6.45, 7) is 4.36. The number of carbonyl (C=O) groups is 4. The van der Waals surface area contributed by atoms with Gasteiger partial charge in [0, 0.05) is 11.3 Å². The average Bonchev–Trinajstić information content (AvgIpc) is 2.64. The van der Waals surface area contributed by atoms with Crippen molar-refractivity contribution in [3.63, 3.8) is 0 Å². The fourth-order valence-corrected chi connectivity index (χ4v) is 3.02. The molecular formula is C20H25NO9. The molecule has 30 heavy (non-hydrogen) atoms. The number of nitrogens with zero attached hydrogens (tertiary/aromatic N) is 1. The number of Topliss-reactive ketones (excluding diaryl/α,β-unsaturated/α-hetero) is 1. The maximum Gasteiger partial charge on any atom is 0.403 e. The van der Waals surface area contributed by atoms with Crippen molar-refractivity contribution in [1.29, 1.82) is 0 Å². The quantitative estimate of drug-likeness (QED) is 0.120. The topological polar surface area (TPSA) is 164 Å². The van der Waals surface area contributed by atoms with Crippen LogP contribution in [0.3, 0.4) is 0 Å². The highest BCUT2D eigenvalue weighted by atomic mass is 16.8. The smallest absolute Gasteiger partial charge is 0.403 e. The molecule has 3 atom stereocenters. The highest BCUT2D eigenvalue weighted by Crippen LogP contribution is 2.32. The Hall–Kier alpha value is -3.43. The van der Waals surface area contributed by atoms with Gasteiger partial charge in [-0.15, -0.1) is 0 Å². The number of rotatable bonds is 11. The highest BCUT2D eigenvalue weighted by molar-refractivity contribution is 6.36. The molecule has 10 heteroatoms. The van der Waals surface area contributed by atoms with Crippen molar-refractivity contribution >= 4 is 29.4 Å². The van der Waals surface area contributed by atoms with Crippen molar-refractivity contribution < 1.29 is 44.2 Å². The van der Waals surface area contributed by atoms with Crippen LogP contribution >= 0.6 is 0 Å². The molecule has 0 aliphatic carbocycles. The van der Waals surface area contributed by atoms with Crippen LogP contribution in [0, 0.1) is 11.1 Å². The molecule has 0 aromatic heterocycles. The van der Waals surface area contributed by atoms with E-state index >= 15 is 0 Å². The lowest BCUT2D eigenvalue weighted by Gasteiger charge is -2.25. The van der Waals surface area contributed by atoms with Crippen LogP contribution in [0.1, 0.15) is 50.7 Å². The van der Waals surface area contributed by atoms with Gasteiger partial charge >= 0.3 is 23.6 Å². The summed E-state index contributed by atoms with van der Waals surface area (Å²) in [4.78, 5) is 47.0. The number of ketones is 1. The molecule has 0 saturated carbocycles. The Bertz CT molecular complexity index is 842. The van der Waals surface area contributed by atoms with Crippen LogP contribution in [0.5, 0.6) is 0 Å². The summed E-state index contributed by atoms with van der Waals surface area (Å²) in [6, 6.07) is 5.91. The minimum atomic E-state index is -1.84. The molecule has 0 radical (unpaired) electrons. The van der Waals surface area contributed by atoms with E-state index in [9.17, 15) is 34.7 Å². The second kappa shape index (κ2) is 10.9. The standard InChI is InChI=1S/C20H25NO9/c1-4-11(2)30-20(27)16(12(3)22)17(18(19(25)26)21(28)29)14-8-6-5-7-13(14)9-10-15(23)24/h5-8,11,16-17H,4,9-10H2,1-3H3,(H,23,24)(H,25,26)(H,28,29). The van der Waals surface area contributed by atoms with E-state index in [1.165, 1.54) is 18.2 Å². The number of benzene rings is 1. The van der Waals surface area contributed by atoms with Gasteiger partial charge in [0.05, 0.1) is 6.10 Å². The van der Waals surface area contributed by atoms with Crippen LogP contribution < -0.4 is 0 Å². The Morgan fingerprint density at radius 1 is 1.17 bits per heavy atom. The number of carboxylic acids is 2. The van der Waals surface area contributed by atoms with Gasteiger partial charge < -0.3 is 20.2 Å². The van der Waals surface area contributed by atoms with Gasteiger partial charge in [-0.2, -0.15) is 0 Å². The lowest BCUT2D eigenvalue weighted by Crippen LogP contribution is -2.41. The molecule has 164 valence electrons. The van der Waals surface area contributed by atoms with E-state index in [1.807, 2.05) is 0 Å². The van der Waals surface area contributed by atoms with E-state index < -0.39 is 52.2 Å². The number of carbonyl (C=O) groups excluding carboxylic acids is 2. The Labute approximate surface area is 172 Å². The van der Waals surface area contributed by atoms with Crippen LogP contribution in [0.15, 0.2) is 24.3 Å². The molecule has 3 N–H and O–H groups in total. The largest absolute Gasteiger partial charge is 0.481 e. The number of ether oxygens (including phenoxy) is 1. The van der Waals surface area contributed by atoms with Crippen molar-refractivity contribution in [3.05, 3.63) is 40.6 Å². The molecule has 0 heterocycles. The molecule has 3 unspecified atom stereocenters. The van der Waals surface area contributed by atoms with Gasteiger partial charge in [0.2, 0.25) is 0 Å². The fourth-order valence-electron chi connectivity index (χ4n) is 3.02. The number of aliphatic carboxylic acids is 2. The zero-order valence-corrected chi connectivity index (χ0v) is 16.9. The van der Waals surface area contributed by atoms with E-state index in [1.54, 1.807) is 19.9 Å². The number of carboxylic acid groups (broad SMARTS) is 2. The minimum Gasteiger partial charge on any atom is -0.481 e. The second-order valence-electron chi connectivity index (χ2n) is 6.78. The molecule has 1 rings (SSSR count). The first-order valence-electron chi connectivity index (χ1n) is 9.27. The first-order chi connectivity index (χ1) is 14.0. The monoisotopic (exact) mass is 423 g/mol. The molecule has 0 amide bonds. The van der Waals surface area contributed by atoms with Gasteiger partial charge in [-0.25, -0.2) is 4.79 Å². The first-order valence-corrected chi connectivity index (χ1v) is 9.27. The van der Waals surface area contributed by atoms with Crippen LogP contribution in [0.25, 0.3) is 0 Å². The third kappa shape index (κ3) is 6.29. The molecular weight excluding hydrogens is 398 g/mol. The first kappa shape index (κ1) is 24.6. The van der Waals surface area contributed by atoms with Crippen molar-refractivity contribution in [1.82, 2.24) is 0 Å². The van der Waals surface area contributed by atoms with Crippen LogP contribution in [-0.2, 0) is 30.3 Å². The van der Waals surface area contributed by atoms with Gasteiger partial charge in [0.25, 0.3) is 0 Å². The predicted octanol–water partition coefficient (Wildman–Crippen LogP) is 1.76. The van der Waals surface area contributed by atoms with E-state index in [0.29, 0.717) is 12.0 Å². The van der Waals surface area contributed by atoms with Gasteiger partial charge in [-0.1, -0.05) is 31.2 Å². The SMILES string of the molecule is CCC(C)OC(=O)C(C(C)=O)C(C(C(=O)O)=[N+]([O-])O)c1ccccc1CCC(=O)O. The maximum atomic E-state index is 12.8. The molecule has 1 aromatic rings. The van der Waals surface area contributed by atoms with Crippen LogP contribution in [0.2, 0.25) is 0 Å². The molecule has 0 spiro atoms. The summed E-state index contributed by atoms with van der Waals surface area (Å²) in [7, 11) is 0. The number of hydrogen-bond donors (Lipinski definition) is 3. The summed E-state index contributed by atoms with van der Waals surface area (Å²) >= 11 is 0. The average molecular weight is 423 g/mol. The van der Waals surface area contributed by atoms with E-state index in [4.69, 9.17) is 9.84 Å². The van der Waals surface area contributed by atoms with Crippen molar-refractivity contribution in [2.75, 3.05) is 0 Å². The molecule has 1 aromatic carbocycles. The third-order valence-corrected chi connectivity index (χ3v) is 4.64. The zero-order valence-electron chi connectivity index (χ0n) is 16.9. The van der Waals surface area contributed by atoms with Crippen LogP contribution in [0.4, 0.5) is 0 Å². The zero-order chi connectivity index (χ0) is 23.0. The van der Waals surface area contributed by atoms with Crippen molar-refractivity contribution in [3.8, 4) is 0 Å². The minimum absolute atomic E-state index is 0.0514. The lowest BCUT2D eigenvalue weighted by atomic mass is 9.77. The summed E-state index contributed by atoms with van der Waals surface area (Å²) in [6.07, 6.45) is -0.508. The Kier molecular flexibility index (Phi) is 8.97. The number of esters is 1. The normalized spacial score (nSPS) is 14.8. The second-order valence-corrected chi connectivity index (χ2v) is 6.78. The van der Waals surface area contributed by atoms with Crippen LogP contribution in [-0.4, -0.2) is 55.8 Å². The van der Waals surface area contributed by atoms with E-state index in [0.717, 1.165) is 6.92 Å². The fraction of sp³-hybridized carbons (Fsp3) is 0.450. The summed E-state index contributed by atoms with van der Waals surface area (Å²) in [5.74, 6) is -8.20. The summed E-state index contributed by atoms with van der Waals surface area (Å²) in [5.41, 5.74) is -0.778. The molecule has 0 aliphatic heterocycles. The number of aryl methyl sites for hydroxylation is 1. The van der Waals surface area contributed by atoms with Gasteiger partial charge in [-0.3, -0.25) is 19.6 Å². The molecule has 0 fully saturated rings. The highest BCUT2D eigenvalue weighted by Gasteiger charge is 2.47. The van der Waals surface area contributed by atoms with Crippen molar-refractivity contribution in [2.24, 2.45) is 5.92 Å². The van der Waals surface area contributed by atoms with E-state index in [-0.39, 0.29) is 18.4 Å². The van der Waals surface area contributed by atoms with Crippen molar-refractivity contribution in [2.45, 2.75) is 52.1 Å². The van der Waals surface area contributed by atoms with Gasteiger partial charge in [0.15, 0.2) is 0 Å². The molecule has 0 aliphatic rings. The molecule has 10 nitrogen and oxygen atoms in total. The maximum absolute atomic E-state index is 12.8. The Morgan fingerprint density at radius 3 is 2.23 bits per heavy atom. The Balaban J connectivity index is 3.71. The van der Waals surface area contributed by atoms with Gasteiger partial charge in [-0.05, 0) is 37.8 Å². The predicted molar refractivity (Wildman–Crippen MR) is 103 cm³/mol.